The van der Waals surface area contributed by atoms with Crippen molar-refractivity contribution in [3.05, 3.63) is 59.9 Å². The fourth-order valence-electron chi connectivity index (χ4n) is 3.90. The maximum absolute atomic E-state index is 12.8. The van der Waals surface area contributed by atoms with Crippen LogP contribution in [0.3, 0.4) is 0 Å². The molecule has 1 atom stereocenters. The SMILES string of the molecule is C=S(C1CCCCC1)N(Cc1ccc(C2=NN=C(C(F)F)C2)cn1)c1ccccc1. The van der Waals surface area contributed by atoms with Gasteiger partial charge in [0.15, 0.2) is 0 Å². The Morgan fingerprint density at radius 1 is 1.03 bits per heavy atom. The average molecular weight is 429 g/mol. The highest BCUT2D eigenvalue weighted by molar-refractivity contribution is 8.15. The van der Waals surface area contributed by atoms with Crippen LogP contribution < -0.4 is 4.31 Å². The zero-order chi connectivity index (χ0) is 20.9. The highest BCUT2D eigenvalue weighted by atomic mass is 32.2. The minimum atomic E-state index is -2.56. The third-order valence-corrected chi connectivity index (χ3v) is 7.77. The summed E-state index contributed by atoms with van der Waals surface area (Å²) in [6, 6.07) is 14.2. The molecule has 2 heterocycles. The topological polar surface area (TPSA) is 40.9 Å². The predicted molar refractivity (Wildman–Crippen MR) is 123 cm³/mol. The van der Waals surface area contributed by atoms with Crippen LogP contribution in [0.25, 0.3) is 0 Å². The molecule has 4 nitrogen and oxygen atoms in total. The van der Waals surface area contributed by atoms with Crippen molar-refractivity contribution >= 4 is 33.7 Å². The van der Waals surface area contributed by atoms with Crippen LogP contribution in [0.4, 0.5) is 14.5 Å². The Kier molecular flexibility index (Phi) is 6.67. The summed E-state index contributed by atoms with van der Waals surface area (Å²) < 4.78 is 28.0. The zero-order valence-corrected chi connectivity index (χ0v) is 17.7. The number of alkyl halides is 2. The molecule has 0 N–H and O–H groups in total. The van der Waals surface area contributed by atoms with Gasteiger partial charge in [0.2, 0.25) is 0 Å². The Morgan fingerprint density at radius 2 is 1.80 bits per heavy atom. The molecule has 7 heteroatoms. The van der Waals surface area contributed by atoms with Gasteiger partial charge in [-0.05, 0) is 37.1 Å². The molecule has 4 rings (SSSR count). The van der Waals surface area contributed by atoms with Crippen molar-refractivity contribution in [2.24, 2.45) is 10.2 Å². The number of hydrogen-bond acceptors (Lipinski definition) is 4. The van der Waals surface area contributed by atoms with Crippen LogP contribution in [-0.2, 0) is 6.54 Å². The largest absolute Gasteiger partial charge is 0.316 e. The summed E-state index contributed by atoms with van der Waals surface area (Å²) in [5, 5.41) is 8.10. The monoisotopic (exact) mass is 428 g/mol. The number of pyridine rings is 1. The maximum Gasteiger partial charge on any atom is 0.278 e. The van der Waals surface area contributed by atoms with Gasteiger partial charge in [-0.2, -0.15) is 10.2 Å². The Balaban J connectivity index is 1.50. The summed E-state index contributed by atoms with van der Waals surface area (Å²) in [7, 11) is -0.145. The van der Waals surface area contributed by atoms with E-state index in [9.17, 15) is 8.78 Å². The summed E-state index contributed by atoms with van der Waals surface area (Å²) in [6.45, 7) is 0.665. The minimum absolute atomic E-state index is 0.0822. The fraction of sp³-hybridized carbons (Fsp3) is 0.391. The van der Waals surface area contributed by atoms with Gasteiger partial charge in [0, 0.05) is 29.1 Å². The summed E-state index contributed by atoms with van der Waals surface area (Å²) in [5.74, 6) is 4.56. The van der Waals surface area contributed by atoms with Gasteiger partial charge < -0.3 is 4.31 Å². The molecular weight excluding hydrogens is 402 g/mol. The molecule has 0 amide bonds. The van der Waals surface area contributed by atoms with Crippen molar-refractivity contribution in [3.8, 4) is 0 Å². The van der Waals surface area contributed by atoms with Gasteiger partial charge in [0.1, 0.15) is 5.71 Å². The molecule has 2 aliphatic rings. The minimum Gasteiger partial charge on any atom is -0.316 e. The van der Waals surface area contributed by atoms with Crippen molar-refractivity contribution < 1.29 is 8.78 Å². The highest BCUT2D eigenvalue weighted by Crippen LogP contribution is 2.38. The first-order chi connectivity index (χ1) is 14.6. The van der Waals surface area contributed by atoms with Crippen molar-refractivity contribution in [1.82, 2.24) is 4.98 Å². The van der Waals surface area contributed by atoms with Gasteiger partial charge in [0.05, 0.1) is 18.0 Å². The van der Waals surface area contributed by atoms with Crippen molar-refractivity contribution in [3.63, 3.8) is 0 Å². The molecule has 1 unspecified atom stereocenters. The molecule has 1 fully saturated rings. The number of nitrogens with zero attached hydrogens (tertiary/aromatic N) is 4. The predicted octanol–water partition coefficient (Wildman–Crippen LogP) is 5.85. The van der Waals surface area contributed by atoms with Crippen molar-refractivity contribution in [1.29, 1.82) is 0 Å². The van der Waals surface area contributed by atoms with Gasteiger partial charge in [-0.25, -0.2) is 8.78 Å². The highest BCUT2D eigenvalue weighted by Gasteiger charge is 2.23. The normalized spacial score (nSPS) is 18.2. The first kappa shape index (κ1) is 20.8. The van der Waals surface area contributed by atoms with Gasteiger partial charge in [-0.1, -0.05) is 54.0 Å². The Labute approximate surface area is 178 Å². The lowest BCUT2D eigenvalue weighted by molar-refractivity contribution is 0.224. The molecule has 1 aliphatic heterocycles. The van der Waals surface area contributed by atoms with E-state index in [1.807, 2.05) is 18.2 Å². The first-order valence-corrected chi connectivity index (χ1v) is 11.8. The maximum atomic E-state index is 12.8. The Morgan fingerprint density at radius 3 is 2.43 bits per heavy atom. The lowest BCUT2D eigenvalue weighted by Gasteiger charge is -2.34. The van der Waals surface area contributed by atoms with E-state index in [0.717, 1.165) is 16.9 Å². The number of halogens is 2. The first-order valence-electron chi connectivity index (χ1n) is 10.3. The molecular formula is C23H26F2N4S. The van der Waals surface area contributed by atoms with Crippen LogP contribution in [0, 0.1) is 0 Å². The van der Waals surface area contributed by atoms with Crippen molar-refractivity contribution in [2.45, 2.75) is 56.7 Å². The molecule has 158 valence electrons. The van der Waals surface area contributed by atoms with Gasteiger partial charge in [-0.3, -0.25) is 4.98 Å². The van der Waals surface area contributed by atoms with E-state index in [2.05, 4.69) is 49.6 Å². The summed E-state index contributed by atoms with van der Waals surface area (Å²) in [6.07, 6.45) is 5.58. The van der Waals surface area contributed by atoms with Gasteiger partial charge >= 0.3 is 0 Å². The molecule has 1 aromatic carbocycles. The molecule has 1 saturated carbocycles. The van der Waals surface area contributed by atoms with E-state index in [1.54, 1.807) is 6.20 Å². The summed E-state index contributed by atoms with van der Waals surface area (Å²) in [5.41, 5.74) is 3.18. The van der Waals surface area contributed by atoms with E-state index < -0.39 is 6.43 Å². The number of rotatable bonds is 7. The van der Waals surface area contributed by atoms with E-state index in [0.29, 0.717) is 17.5 Å². The molecule has 1 aromatic heterocycles. The van der Waals surface area contributed by atoms with Gasteiger partial charge in [0.25, 0.3) is 6.43 Å². The van der Waals surface area contributed by atoms with Gasteiger partial charge in [-0.15, -0.1) is 0 Å². The Hall–Kier alpha value is -2.41. The quantitative estimate of drug-likeness (QED) is 0.519. The van der Waals surface area contributed by atoms with E-state index in [4.69, 9.17) is 0 Å². The summed E-state index contributed by atoms with van der Waals surface area (Å²) in [4.78, 5) is 4.60. The molecule has 0 saturated heterocycles. The van der Waals surface area contributed by atoms with Crippen LogP contribution in [0.2, 0.25) is 0 Å². The number of benzene rings is 1. The van der Waals surface area contributed by atoms with Crippen LogP contribution >= 0.6 is 10.7 Å². The van der Waals surface area contributed by atoms with Crippen molar-refractivity contribution in [2.75, 3.05) is 4.31 Å². The number of para-hydroxylation sites is 1. The standard InChI is InChI=1S/C23H26F2N4S/c1-30(20-10-6-3-7-11-20)29(19-8-4-2-5-9-19)16-18-13-12-17(15-26-18)21-14-22(23(24)25)28-27-21/h2,4-5,8-9,12-13,15,20,23H,1,3,6-7,10-11,14,16H2. The Bertz CT molecular complexity index is 935. The molecule has 2 aromatic rings. The van der Waals surface area contributed by atoms with E-state index in [1.165, 1.54) is 32.1 Å². The lowest BCUT2D eigenvalue weighted by atomic mass is 10.0. The van der Waals surface area contributed by atoms with Crippen LogP contribution in [-0.4, -0.2) is 34.0 Å². The number of aromatic nitrogens is 1. The molecule has 1 aliphatic carbocycles. The number of hydrogen-bond donors (Lipinski definition) is 0. The third kappa shape index (κ3) is 4.83. The molecule has 30 heavy (non-hydrogen) atoms. The lowest BCUT2D eigenvalue weighted by Crippen LogP contribution is -2.24. The molecule has 0 spiro atoms. The van der Waals surface area contributed by atoms with Crippen LogP contribution in [0.1, 0.15) is 49.8 Å². The summed E-state index contributed by atoms with van der Waals surface area (Å²) >= 11 is 0. The molecule has 0 bridgehead atoms. The van der Waals surface area contributed by atoms with E-state index in [-0.39, 0.29) is 22.8 Å². The average Bonchev–Trinajstić information content (AvgIpc) is 3.29. The number of anilines is 1. The van der Waals surface area contributed by atoms with Crippen LogP contribution in [0.15, 0.2) is 58.9 Å². The molecule has 0 radical (unpaired) electrons. The fourth-order valence-corrected chi connectivity index (χ4v) is 5.83. The zero-order valence-electron chi connectivity index (χ0n) is 16.9. The van der Waals surface area contributed by atoms with E-state index >= 15 is 0 Å². The smallest absolute Gasteiger partial charge is 0.278 e. The second-order valence-corrected chi connectivity index (χ2v) is 9.60. The van der Waals surface area contributed by atoms with Crippen LogP contribution in [0.5, 0.6) is 0 Å². The third-order valence-electron chi connectivity index (χ3n) is 5.63. The second kappa shape index (κ2) is 9.60. The second-order valence-electron chi connectivity index (χ2n) is 7.69.